The molecule has 2 fully saturated rings. The number of hydrogen-bond donors (Lipinski definition) is 0. The van der Waals surface area contributed by atoms with E-state index in [0.717, 1.165) is 24.8 Å². The third-order valence-electron chi connectivity index (χ3n) is 6.45. The van der Waals surface area contributed by atoms with E-state index in [2.05, 4.69) is 60.2 Å². The summed E-state index contributed by atoms with van der Waals surface area (Å²) in [6, 6.07) is 19.6. The van der Waals surface area contributed by atoms with Gasteiger partial charge in [0.1, 0.15) is 0 Å². The van der Waals surface area contributed by atoms with E-state index in [4.69, 9.17) is 4.74 Å². The number of piperidine rings is 1. The highest BCUT2D eigenvalue weighted by molar-refractivity contribution is 5.75. The Hall–Kier alpha value is -2.57. The third-order valence-corrected chi connectivity index (χ3v) is 6.45. The molecule has 2 heterocycles. The van der Waals surface area contributed by atoms with Gasteiger partial charge in [-0.2, -0.15) is 0 Å². The second-order valence-corrected chi connectivity index (χ2v) is 7.94. The van der Waals surface area contributed by atoms with Crippen LogP contribution in [0.4, 0.5) is 0 Å². The van der Waals surface area contributed by atoms with Crippen molar-refractivity contribution in [1.29, 1.82) is 0 Å². The van der Waals surface area contributed by atoms with Gasteiger partial charge >= 0.3 is 5.97 Å². The average Bonchev–Trinajstić information content (AvgIpc) is 2.97. The normalized spacial score (nSPS) is 26.4. The van der Waals surface area contributed by atoms with Crippen molar-refractivity contribution < 1.29 is 9.53 Å². The molecule has 144 valence electrons. The molecule has 2 aliphatic heterocycles. The van der Waals surface area contributed by atoms with E-state index in [1.165, 1.54) is 24.7 Å². The first-order chi connectivity index (χ1) is 13.7. The number of nitrogens with zero attached hydrogens (tertiary/aromatic N) is 1. The Morgan fingerprint density at radius 2 is 1.86 bits per heavy atom. The number of methoxy groups -OCH3 is 1. The fraction of sp³-hybridized carbons (Fsp3) is 0.400. The molecule has 0 aromatic heterocycles. The van der Waals surface area contributed by atoms with E-state index in [1.54, 1.807) is 0 Å². The van der Waals surface area contributed by atoms with E-state index in [1.807, 2.05) is 18.2 Å². The molecular weight excluding hydrogens is 346 g/mol. The van der Waals surface area contributed by atoms with Gasteiger partial charge in [0, 0.05) is 30.0 Å². The predicted octanol–water partition coefficient (Wildman–Crippen LogP) is 4.02. The van der Waals surface area contributed by atoms with Gasteiger partial charge in [0.2, 0.25) is 0 Å². The van der Waals surface area contributed by atoms with Gasteiger partial charge < -0.3 is 4.74 Å². The van der Waals surface area contributed by atoms with Crippen molar-refractivity contribution in [1.82, 2.24) is 4.90 Å². The minimum Gasteiger partial charge on any atom is -0.469 e. The zero-order chi connectivity index (χ0) is 19.5. The smallest absolute Gasteiger partial charge is 0.310 e. The van der Waals surface area contributed by atoms with Crippen LogP contribution in [-0.4, -0.2) is 37.1 Å². The Bertz CT molecular complexity index is 878. The third kappa shape index (κ3) is 3.70. The molecule has 2 unspecified atom stereocenters. The molecule has 2 aliphatic rings. The molecule has 4 rings (SSSR count). The molecule has 3 heteroatoms. The first-order valence-electron chi connectivity index (χ1n) is 10.1. The van der Waals surface area contributed by atoms with Crippen LogP contribution < -0.4 is 0 Å². The number of esters is 1. The average molecular weight is 373 g/mol. The summed E-state index contributed by atoms with van der Waals surface area (Å²) in [5.74, 6) is 6.58. The molecule has 3 nitrogen and oxygen atoms in total. The van der Waals surface area contributed by atoms with Gasteiger partial charge in [-0.05, 0) is 49.6 Å². The van der Waals surface area contributed by atoms with Crippen LogP contribution in [0.15, 0.2) is 54.6 Å². The molecular formula is C25H27NO2. The highest BCUT2D eigenvalue weighted by atomic mass is 16.5. The fourth-order valence-corrected chi connectivity index (χ4v) is 4.92. The van der Waals surface area contributed by atoms with Crippen molar-refractivity contribution in [2.75, 3.05) is 14.2 Å². The van der Waals surface area contributed by atoms with Gasteiger partial charge in [-0.25, -0.2) is 0 Å². The lowest BCUT2D eigenvalue weighted by atomic mass is 9.76. The Balaban J connectivity index is 1.51. The highest BCUT2D eigenvalue weighted by Gasteiger charge is 2.49. The molecule has 4 atom stereocenters. The Morgan fingerprint density at radius 3 is 2.57 bits per heavy atom. The number of fused-ring (bicyclic) bond motifs is 2. The van der Waals surface area contributed by atoms with Crippen molar-refractivity contribution in [3.8, 4) is 11.8 Å². The van der Waals surface area contributed by atoms with Crippen LogP contribution in [0, 0.1) is 17.8 Å². The molecule has 0 amide bonds. The quantitative estimate of drug-likeness (QED) is 0.601. The van der Waals surface area contributed by atoms with Crippen molar-refractivity contribution >= 4 is 5.97 Å². The highest BCUT2D eigenvalue weighted by Crippen LogP contribution is 2.46. The van der Waals surface area contributed by atoms with Crippen molar-refractivity contribution in [2.24, 2.45) is 5.92 Å². The topological polar surface area (TPSA) is 29.5 Å². The molecule has 0 spiro atoms. The first kappa shape index (κ1) is 18.8. The predicted molar refractivity (Wildman–Crippen MR) is 111 cm³/mol. The summed E-state index contributed by atoms with van der Waals surface area (Å²) >= 11 is 0. The molecule has 0 radical (unpaired) electrons. The molecule has 2 bridgehead atoms. The SMILES string of the molecule is COC(=O)[C@@H]1C2CCC(C[C@@H]1c1ccc(C#CCc3ccccc3)cc1)N2C. The largest absolute Gasteiger partial charge is 0.469 e. The maximum atomic E-state index is 12.6. The Kier molecular flexibility index (Phi) is 5.50. The Morgan fingerprint density at radius 1 is 1.11 bits per heavy atom. The van der Waals surface area contributed by atoms with E-state index in [-0.39, 0.29) is 17.8 Å². The molecule has 2 saturated heterocycles. The fourth-order valence-electron chi connectivity index (χ4n) is 4.92. The monoisotopic (exact) mass is 373 g/mol. The number of benzene rings is 2. The van der Waals surface area contributed by atoms with Crippen molar-refractivity contribution in [3.63, 3.8) is 0 Å². The number of ether oxygens (including phenoxy) is 1. The van der Waals surface area contributed by atoms with Crippen LogP contribution >= 0.6 is 0 Å². The molecule has 0 saturated carbocycles. The van der Waals surface area contributed by atoms with Gasteiger partial charge in [-0.3, -0.25) is 9.69 Å². The summed E-state index contributed by atoms with van der Waals surface area (Å²) in [4.78, 5) is 14.9. The molecule has 2 aromatic carbocycles. The molecule has 0 N–H and O–H groups in total. The van der Waals surface area contributed by atoms with Gasteiger partial charge in [-0.15, -0.1) is 0 Å². The molecule has 28 heavy (non-hydrogen) atoms. The number of carbonyl (C=O) groups excluding carboxylic acids is 1. The summed E-state index contributed by atoms with van der Waals surface area (Å²) in [5, 5.41) is 0. The summed E-state index contributed by atoms with van der Waals surface area (Å²) in [6.45, 7) is 0. The van der Waals surface area contributed by atoms with E-state index in [9.17, 15) is 4.79 Å². The maximum absolute atomic E-state index is 12.6. The van der Waals surface area contributed by atoms with Crippen LogP contribution in [0.25, 0.3) is 0 Å². The van der Waals surface area contributed by atoms with Gasteiger partial charge in [0.05, 0.1) is 13.0 Å². The second-order valence-electron chi connectivity index (χ2n) is 7.94. The zero-order valence-electron chi connectivity index (χ0n) is 16.6. The lowest BCUT2D eigenvalue weighted by Crippen LogP contribution is -2.49. The number of carbonyl (C=O) groups is 1. The van der Waals surface area contributed by atoms with Crippen LogP contribution in [0.2, 0.25) is 0 Å². The second kappa shape index (κ2) is 8.20. The molecule has 2 aromatic rings. The van der Waals surface area contributed by atoms with Gasteiger partial charge in [0.15, 0.2) is 0 Å². The maximum Gasteiger partial charge on any atom is 0.310 e. The summed E-state index contributed by atoms with van der Waals surface area (Å²) in [6.07, 6.45) is 4.03. The van der Waals surface area contributed by atoms with E-state index in [0.29, 0.717) is 12.1 Å². The minimum atomic E-state index is -0.0798. The lowest BCUT2D eigenvalue weighted by Gasteiger charge is -2.41. The van der Waals surface area contributed by atoms with Gasteiger partial charge in [-0.1, -0.05) is 54.3 Å². The van der Waals surface area contributed by atoms with Gasteiger partial charge in [0.25, 0.3) is 0 Å². The summed E-state index contributed by atoms with van der Waals surface area (Å²) < 4.78 is 5.17. The minimum absolute atomic E-state index is 0.0751. The van der Waals surface area contributed by atoms with Crippen LogP contribution in [0.1, 0.15) is 41.9 Å². The first-order valence-corrected chi connectivity index (χ1v) is 10.1. The Labute approximate surface area is 167 Å². The number of rotatable bonds is 3. The van der Waals surface area contributed by atoms with E-state index >= 15 is 0 Å². The van der Waals surface area contributed by atoms with Crippen LogP contribution in [-0.2, 0) is 16.0 Å². The van der Waals surface area contributed by atoms with Crippen LogP contribution in [0.5, 0.6) is 0 Å². The lowest BCUT2D eigenvalue weighted by molar-refractivity contribution is -0.150. The van der Waals surface area contributed by atoms with Crippen molar-refractivity contribution in [3.05, 3.63) is 71.3 Å². The van der Waals surface area contributed by atoms with E-state index < -0.39 is 0 Å². The number of hydrogen-bond acceptors (Lipinski definition) is 3. The van der Waals surface area contributed by atoms with Crippen LogP contribution in [0.3, 0.4) is 0 Å². The summed E-state index contributed by atoms with van der Waals surface area (Å²) in [7, 11) is 3.66. The standard InChI is InChI=1S/C25H27NO2/c1-26-21-15-16-23(26)24(25(27)28-2)22(17-21)20-13-11-19(12-14-20)10-6-9-18-7-4-3-5-8-18/h3-5,7-8,11-14,21-24H,9,15-17H2,1-2H3/t21?,22-,23?,24+/m1/s1. The zero-order valence-corrected chi connectivity index (χ0v) is 16.6. The summed E-state index contributed by atoms with van der Waals surface area (Å²) in [5.41, 5.74) is 3.48. The van der Waals surface area contributed by atoms with Crippen molar-refractivity contribution in [2.45, 2.75) is 43.7 Å². The molecule has 0 aliphatic carbocycles.